The van der Waals surface area contributed by atoms with E-state index in [-0.39, 0.29) is 10.8 Å². The predicted octanol–water partition coefficient (Wildman–Crippen LogP) is 6.14. The number of rotatable bonds is 13. The molecule has 0 saturated heterocycles. The van der Waals surface area contributed by atoms with Gasteiger partial charge in [-0.2, -0.15) is 0 Å². The largest absolute Gasteiger partial charge is 0.392 e. The van der Waals surface area contributed by atoms with Gasteiger partial charge in [-0.1, -0.05) is 65.2 Å². The van der Waals surface area contributed by atoms with Crippen molar-refractivity contribution in [1.82, 2.24) is 0 Å². The van der Waals surface area contributed by atoms with Gasteiger partial charge in [-0.25, -0.2) is 0 Å². The molecule has 0 heterocycles. The van der Waals surface area contributed by atoms with E-state index in [0.717, 1.165) is 6.42 Å². The van der Waals surface area contributed by atoms with Gasteiger partial charge in [0.2, 0.25) is 0 Å². The fourth-order valence-corrected chi connectivity index (χ4v) is 3.00. The lowest BCUT2D eigenvalue weighted by Gasteiger charge is -2.31. The first-order chi connectivity index (χ1) is 9.44. The van der Waals surface area contributed by atoms with E-state index in [1.807, 2.05) is 6.92 Å². The Bertz CT molecular complexity index is 219. The van der Waals surface area contributed by atoms with E-state index in [9.17, 15) is 5.11 Å². The summed E-state index contributed by atoms with van der Waals surface area (Å²) in [5.41, 5.74) is 0. The molecule has 3 atom stereocenters. The summed E-state index contributed by atoms with van der Waals surface area (Å²) >= 11 is 12.2. The molecule has 0 aliphatic heterocycles. The molecular formula is C17H34Cl2O. The Morgan fingerprint density at radius 2 is 1.50 bits per heavy atom. The SMILES string of the molecule is CCCCCCCCCCC(C)C(C)(Cl)CC(O)CCl. The predicted molar refractivity (Wildman–Crippen MR) is 92.0 cm³/mol. The van der Waals surface area contributed by atoms with Crippen LogP contribution in [0.3, 0.4) is 0 Å². The van der Waals surface area contributed by atoms with Crippen molar-refractivity contribution in [1.29, 1.82) is 0 Å². The minimum Gasteiger partial charge on any atom is -0.392 e. The van der Waals surface area contributed by atoms with Crippen LogP contribution < -0.4 is 0 Å². The molecule has 0 spiro atoms. The van der Waals surface area contributed by atoms with Crippen LogP contribution >= 0.6 is 23.2 Å². The summed E-state index contributed by atoms with van der Waals surface area (Å²) < 4.78 is 0. The molecule has 0 radical (unpaired) electrons. The average Bonchev–Trinajstić information content (AvgIpc) is 2.40. The average molecular weight is 325 g/mol. The van der Waals surface area contributed by atoms with Gasteiger partial charge >= 0.3 is 0 Å². The van der Waals surface area contributed by atoms with Crippen LogP contribution in [0.5, 0.6) is 0 Å². The Morgan fingerprint density at radius 3 is 2.00 bits per heavy atom. The quantitative estimate of drug-likeness (QED) is 0.318. The third-order valence-electron chi connectivity index (χ3n) is 4.33. The first-order valence-corrected chi connectivity index (χ1v) is 9.28. The number of aliphatic hydroxyl groups is 1. The molecule has 0 saturated carbocycles. The van der Waals surface area contributed by atoms with E-state index < -0.39 is 6.10 Å². The van der Waals surface area contributed by atoms with Gasteiger partial charge in [0.05, 0.1) is 6.10 Å². The van der Waals surface area contributed by atoms with Gasteiger partial charge in [0.15, 0.2) is 0 Å². The maximum atomic E-state index is 9.64. The summed E-state index contributed by atoms with van der Waals surface area (Å²) in [7, 11) is 0. The minimum atomic E-state index is -0.486. The van der Waals surface area contributed by atoms with Crippen molar-refractivity contribution in [2.75, 3.05) is 5.88 Å². The normalized spacial score (nSPS) is 17.7. The van der Waals surface area contributed by atoms with Crippen LogP contribution in [0.1, 0.15) is 85.0 Å². The van der Waals surface area contributed by atoms with Gasteiger partial charge < -0.3 is 5.11 Å². The molecule has 0 aliphatic rings. The third-order valence-corrected chi connectivity index (χ3v) is 5.21. The molecule has 0 aromatic heterocycles. The van der Waals surface area contributed by atoms with E-state index >= 15 is 0 Å². The summed E-state index contributed by atoms with van der Waals surface area (Å²) in [4.78, 5) is -0.338. The van der Waals surface area contributed by atoms with Crippen molar-refractivity contribution in [2.45, 2.75) is 96.0 Å². The van der Waals surface area contributed by atoms with Gasteiger partial charge in [-0.3, -0.25) is 0 Å². The van der Waals surface area contributed by atoms with Crippen LogP contribution in [-0.4, -0.2) is 22.0 Å². The number of hydrogen-bond donors (Lipinski definition) is 1. The molecule has 0 aromatic rings. The third kappa shape index (κ3) is 10.3. The summed E-state index contributed by atoms with van der Waals surface area (Å²) in [6.45, 7) is 6.47. The smallest absolute Gasteiger partial charge is 0.0692 e. The molecule has 0 rings (SSSR count). The topological polar surface area (TPSA) is 20.2 Å². The fraction of sp³-hybridized carbons (Fsp3) is 1.00. The maximum absolute atomic E-state index is 9.64. The zero-order chi connectivity index (χ0) is 15.4. The molecule has 122 valence electrons. The van der Waals surface area contributed by atoms with Crippen LogP contribution in [0, 0.1) is 5.92 Å². The summed E-state index contributed by atoms with van der Waals surface area (Å²) in [5.74, 6) is 0.689. The highest BCUT2D eigenvalue weighted by Crippen LogP contribution is 2.33. The molecule has 0 bridgehead atoms. The van der Waals surface area contributed by atoms with Gasteiger partial charge in [-0.05, 0) is 25.7 Å². The van der Waals surface area contributed by atoms with Gasteiger partial charge in [0.25, 0.3) is 0 Å². The van der Waals surface area contributed by atoms with Crippen LogP contribution in [0.2, 0.25) is 0 Å². The van der Waals surface area contributed by atoms with E-state index in [1.54, 1.807) is 0 Å². The van der Waals surface area contributed by atoms with Gasteiger partial charge in [0.1, 0.15) is 0 Å². The second kappa shape index (κ2) is 12.1. The Hall–Kier alpha value is 0.540. The standard InChI is InChI=1S/C17H34Cl2O/c1-4-5-6-7-8-9-10-11-12-15(2)17(3,19)13-16(20)14-18/h15-16,20H,4-14H2,1-3H3. The lowest BCUT2D eigenvalue weighted by atomic mass is 9.86. The van der Waals surface area contributed by atoms with Crippen molar-refractivity contribution < 1.29 is 5.11 Å². The van der Waals surface area contributed by atoms with E-state index in [1.165, 1.54) is 51.4 Å². The molecule has 1 N–H and O–H groups in total. The molecular weight excluding hydrogens is 291 g/mol. The van der Waals surface area contributed by atoms with Crippen LogP contribution in [0.4, 0.5) is 0 Å². The number of unbranched alkanes of at least 4 members (excludes halogenated alkanes) is 7. The highest BCUT2D eigenvalue weighted by Gasteiger charge is 2.30. The monoisotopic (exact) mass is 324 g/mol. The second-order valence-electron chi connectivity index (χ2n) is 6.45. The molecule has 1 nitrogen and oxygen atoms in total. The second-order valence-corrected chi connectivity index (χ2v) is 7.63. The minimum absolute atomic E-state index is 0.271. The molecule has 3 unspecified atom stereocenters. The Labute approximate surface area is 136 Å². The number of hydrogen-bond acceptors (Lipinski definition) is 1. The first-order valence-electron chi connectivity index (χ1n) is 8.37. The van der Waals surface area contributed by atoms with Gasteiger partial charge in [-0.15, -0.1) is 23.2 Å². The Balaban J connectivity index is 3.63. The molecule has 0 aliphatic carbocycles. The van der Waals surface area contributed by atoms with E-state index in [4.69, 9.17) is 23.2 Å². The van der Waals surface area contributed by atoms with E-state index in [2.05, 4.69) is 13.8 Å². The van der Waals surface area contributed by atoms with Crippen molar-refractivity contribution in [3.05, 3.63) is 0 Å². The molecule has 0 fully saturated rings. The Morgan fingerprint density at radius 1 is 1.00 bits per heavy atom. The zero-order valence-electron chi connectivity index (χ0n) is 13.6. The van der Waals surface area contributed by atoms with Crippen LogP contribution in [0.25, 0.3) is 0 Å². The zero-order valence-corrected chi connectivity index (χ0v) is 15.1. The van der Waals surface area contributed by atoms with Crippen molar-refractivity contribution in [3.63, 3.8) is 0 Å². The number of aliphatic hydroxyl groups excluding tert-OH is 1. The summed E-state index contributed by atoms with van der Waals surface area (Å²) in [5, 5.41) is 9.64. The molecule has 0 aromatic carbocycles. The fourth-order valence-electron chi connectivity index (χ4n) is 2.60. The first kappa shape index (κ1) is 20.5. The number of alkyl halides is 2. The lowest BCUT2D eigenvalue weighted by molar-refractivity contribution is 0.158. The lowest BCUT2D eigenvalue weighted by Crippen LogP contribution is -2.32. The maximum Gasteiger partial charge on any atom is 0.0692 e. The van der Waals surface area contributed by atoms with E-state index in [0.29, 0.717) is 12.3 Å². The Kier molecular flexibility index (Phi) is 12.4. The van der Waals surface area contributed by atoms with Crippen molar-refractivity contribution in [2.24, 2.45) is 5.92 Å². The molecule has 20 heavy (non-hydrogen) atoms. The summed E-state index contributed by atoms with van der Waals surface area (Å²) in [6, 6.07) is 0. The van der Waals surface area contributed by atoms with Gasteiger partial charge in [0, 0.05) is 10.8 Å². The van der Waals surface area contributed by atoms with Crippen LogP contribution in [0.15, 0.2) is 0 Å². The molecule has 3 heteroatoms. The number of halogens is 2. The van der Waals surface area contributed by atoms with Crippen molar-refractivity contribution in [3.8, 4) is 0 Å². The highest BCUT2D eigenvalue weighted by molar-refractivity contribution is 6.24. The molecule has 0 amide bonds. The highest BCUT2D eigenvalue weighted by atomic mass is 35.5. The summed E-state index contributed by atoms with van der Waals surface area (Å²) in [6.07, 6.45) is 12.0. The van der Waals surface area contributed by atoms with Crippen molar-refractivity contribution >= 4 is 23.2 Å². The van der Waals surface area contributed by atoms with Crippen LogP contribution in [-0.2, 0) is 0 Å².